The molecule has 3 aromatic carbocycles. The molecule has 6 rings (SSSR count). The van der Waals surface area contributed by atoms with E-state index in [9.17, 15) is 0 Å². The van der Waals surface area contributed by atoms with Crippen molar-refractivity contribution in [3.63, 3.8) is 0 Å². The number of halogens is 2. The van der Waals surface area contributed by atoms with Gasteiger partial charge in [-0.2, -0.15) is 4.98 Å². The first-order chi connectivity index (χ1) is 18.2. The maximum absolute atomic E-state index is 6.36. The third kappa shape index (κ3) is 4.27. The first-order valence-electron chi connectivity index (χ1n) is 11.8. The summed E-state index contributed by atoms with van der Waals surface area (Å²) in [6.07, 6.45) is 0.662. The van der Waals surface area contributed by atoms with Gasteiger partial charge >= 0.3 is 0 Å². The van der Waals surface area contributed by atoms with Crippen molar-refractivity contribution in [3.05, 3.63) is 58.1 Å². The highest BCUT2D eigenvalue weighted by atomic mass is 35.5. The fourth-order valence-corrected chi connectivity index (χ4v) is 5.06. The fourth-order valence-electron chi connectivity index (χ4n) is 4.56. The van der Waals surface area contributed by atoms with E-state index in [1.165, 1.54) is 0 Å². The largest absolute Gasteiger partial charge is 0.497 e. The van der Waals surface area contributed by atoms with Crippen LogP contribution in [0, 0.1) is 0 Å². The maximum Gasteiger partial charge on any atom is 0.262 e. The summed E-state index contributed by atoms with van der Waals surface area (Å²) in [7, 11) is 3.18. The van der Waals surface area contributed by atoms with Crippen LogP contribution in [0.25, 0.3) is 33.9 Å². The Kier molecular flexibility index (Phi) is 5.85. The number of nitrogens with zero attached hydrogens (tertiary/aromatic N) is 3. The van der Waals surface area contributed by atoms with Crippen LogP contribution < -0.4 is 19.5 Å². The summed E-state index contributed by atoms with van der Waals surface area (Å²) in [5, 5.41) is 8.39. The molecule has 1 aliphatic rings. The van der Waals surface area contributed by atoms with Crippen molar-refractivity contribution in [3.8, 4) is 40.1 Å². The molecule has 0 spiro atoms. The van der Waals surface area contributed by atoms with Gasteiger partial charge in [0.25, 0.3) is 5.89 Å². The Hall–Kier alpha value is -3.95. The minimum Gasteiger partial charge on any atom is -0.497 e. The number of aromatic nitrogens is 4. The molecular weight excluding hydrogens is 529 g/mol. The SMILES string of the molecule is COc1cc(OC)cc(-c2noc(-c3cc4nc(Nc5c(Cl)cccc5Cl)[nH]c4c4c3OC(C)(C)C4)n2)c1. The van der Waals surface area contributed by atoms with Crippen molar-refractivity contribution < 1.29 is 18.7 Å². The number of para-hydroxylation sites is 1. The highest BCUT2D eigenvalue weighted by Gasteiger charge is 2.36. The summed E-state index contributed by atoms with van der Waals surface area (Å²) in [6, 6.07) is 12.6. The summed E-state index contributed by atoms with van der Waals surface area (Å²) >= 11 is 12.7. The van der Waals surface area contributed by atoms with Gasteiger partial charge in [0.15, 0.2) is 0 Å². The average Bonchev–Trinajstić information content (AvgIpc) is 3.61. The summed E-state index contributed by atoms with van der Waals surface area (Å²) in [5.74, 6) is 3.10. The molecule has 0 atom stereocenters. The van der Waals surface area contributed by atoms with Crippen molar-refractivity contribution in [1.29, 1.82) is 0 Å². The number of imidazole rings is 1. The normalized spacial score (nSPS) is 13.8. The Morgan fingerprint density at radius 1 is 1.00 bits per heavy atom. The van der Waals surface area contributed by atoms with Gasteiger partial charge in [-0.25, -0.2) is 4.98 Å². The van der Waals surface area contributed by atoms with Crippen LogP contribution in [0.3, 0.4) is 0 Å². The molecule has 2 aromatic heterocycles. The van der Waals surface area contributed by atoms with Crippen LogP contribution in [-0.4, -0.2) is 39.9 Å². The predicted molar refractivity (Wildman–Crippen MR) is 146 cm³/mol. The molecule has 9 nitrogen and oxygen atoms in total. The van der Waals surface area contributed by atoms with E-state index in [-0.39, 0.29) is 0 Å². The number of hydrogen-bond donors (Lipinski definition) is 2. The van der Waals surface area contributed by atoms with Gasteiger partial charge in [0.05, 0.1) is 46.5 Å². The lowest BCUT2D eigenvalue weighted by atomic mass is 9.99. The molecule has 0 unspecified atom stereocenters. The molecule has 194 valence electrons. The number of ether oxygens (including phenoxy) is 3. The van der Waals surface area contributed by atoms with Crippen molar-refractivity contribution in [2.45, 2.75) is 25.9 Å². The minimum atomic E-state index is -0.431. The van der Waals surface area contributed by atoms with E-state index < -0.39 is 5.60 Å². The average molecular weight is 552 g/mol. The number of hydrogen-bond acceptors (Lipinski definition) is 8. The number of H-pyrrole nitrogens is 1. The van der Waals surface area contributed by atoms with Crippen molar-refractivity contribution in [1.82, 2.24) is 20.1 Å². The lowest BCUT2D eigenvalue weighted by Gasteiger charge is -2.17. The molecule has 0 amide bonds. The van der Waals surface area contributed by atoms with Gasteiger partial charge in [0, 0.05) is 23.6 Å². The van der Waals surface area contributed by atoms with Crippen molar-refractivity contribution in [2.75, 3.05) is 19.5 Å². The quantitative estimate of drug-likeness (QED) is 0.231. The number of nitrogens with one attached hydrogen (secondary N) is 2. The Labute approximate surface area is 228 Å². The summed E-state index contributed by atoms with van der Waals surface area (Å²) < 4.78 is 22.8. The van der Waals surface area contributed by atoms with E-state index in [2.05, 4.69) is 20.4 Å². The minimum absolute atomic E-state index is 0.310. The zero-order valence-corrected chi connectivity index (χ0v) is 22.5. The molecule has 5 aromatic rings. The molecule has 38 heavy (non-hydrogen) atoms. The number of anilines is 2. The Morgan fingerprint density at radius 2 is 1.71 bits per heavy atom. The Morgan fingerprint density at radius 3 is 2.39 bits per heavy atom. The third-order valence-electron chi connectivity index (χ3n) is 6.29. The second-order valence-electron chi connectivity index (χ2n) is 9.50. The molecule has 0 saturated heterocycles. The van der Waals surface area contributed by atoms with Gasteiger partial charge in [-0.3, -0.25) is 0 Å². The number of methoxy groups -OCH3 is 2. The zero-order valence-electron chi connectivity index (χ0n) is 21.0. The highest BCUT2D eigenvalue weighted by Crippen LogP contribution is 2.46. The molecule has 0 radical (unpaired) electrons. The second-order valence-corrected chi connectivity index (χ2v) is 10.3. The first-order valence-corrected chi connectivity index (χ1v) is 12.5. The second kappa shape index (κ2) is 9.11. The smallest absolute Gasteiger partial charge is 0.262 e. The van der Waals surface area contributed by atoms with Gasteiger partial charge in [-0.1, -0.05) is 34.4 Å². The number of aromatic amines is 1. The number of fused-ring (bicyclic) bond motifs is 3. The van der Waals surface area contributed by atoms with E-state index >= 15 is 0 Å². The molecule has 0 bridgehead atoms. The van der Waals surface area contributed by atoms with Gasteiger partial charge in [0.2, 0.25) is 11.8 Å². The number of rotatable bonds is 6. The van der Waals surface area contributed by atoms with E-state index in [0.29, 0.717) is 73.7 Å². The summed E-state index contributed by atoms with van der Waals surface area (Å²) in [5.41, 5.74) is 4.00. The van der Waals surface area contributed by atoms with Gasteiger partial charge < -0.3 is 29.0 Å². The van der Waals surface area contributed by atoms with Gasteiger partial charge in [-0.05, 0) is 44.2 Å². The van der Waals surface area contributed by atoms with Gasteiger partial charge in [-0.15, -0.1) is 0 Å². The molecule has 0 aliphatic carbocycles. The lowest BCUT2D eigenvalue weighted by Crippen LogP contribution is -2.24. The highest BCUT2D eigenvalue weighted by molar-refractivity contribution is 6.39. The van der Waals surface area contributed by atoms with Crippen LogP contribution in [0.15, 0.2) is 47.0 Å². The summed E-state index contributed by atoms with van der Waals surface area (Å²) in [6.45, 7) is 4.06. The molecule has 1 aliphatic heterocycles. The van der Waals surface area contributed by atoms with E-state index in [1.54, 1.807) is 38.5 Å². The van der Waals surface area contributed by atoms with Crippen LogP contribution in [0.4, 0.5) is 11.6 Å². The van der Waals surface area contributed by atoms with Crippen LogP contribution in [0.5, 0.6) is 17.2 Å². The van der Waals surface area contributed by atoms with Gasteiger partial charge in [0.1, 0.15) is 22.8 Å². The molecule has 2 N–H and O–H groups in total. The zero-order chi connectivity index (χ0) is 26.6. The van der Waals surface area contributed by atoms with E-state index in [0.717, 1.165) is 11.1 Å². The Bertz CT molecular complexity index is 1650. The van der Waals surface area contributed by atoms with Crippen LogP contribution in [0.2, 0.25) is 10.0 Å². The molecular formula is C27H23Cl2N5O4. The van der Waals surface area contributed by atoms with Crippen LogP contribution in [-0.2, 0) is 6.42 Å². The first kappa shape index (κ1) is 24.4. The molecule has 3 heterocycles. The van der Waals surface area contributed by atoms with Crippen molar-refractivity contribution >= 4 is 45.9 Å². The standard InChI is InChI=1S/C27H23Cl2N5O4/c1-27(2)12-17-21-20(30-26(31-21)32-22-18(28)6-5-7-19(22)29)11-16(23(17)37-27)25-33-24(34-38-25)13-8-14(35-3)10-15(9-13)36-4/h5-11H,12H2,1-4H3,(H2,30,31,32). The van der Waals surface area contributed by atoms with Crippen LogP contribution >= 0.6 is 23.2 Å². The van der Waals surface area contributed by atoms with E-state index in [4.69, 9.17) is 46.9 Å². The van der Waals surface area contributed by atoms with Crippen molar-refractivity contribution in [2.24, 2.45) is 0 Å². The fraction of sp³-hybridized carbons (Fsp3) is 0.222. The summed E-state index contributed by atoms with van der Waals surface area (Å²) in [4.78, 5) is 12.8. The maximum atomic E-state index is 6.36. The molecule has 0 fully saturated rings. The lowest BCUT2D eigenvalue weighted by molar-refractivity contribution is 0.139. The third-order valence-corrected chi connectivity index (χ3v) is 6.92. The molecule has 0 saturated carbocycles. The monoisotopic (exact) mass is 551 g/mol. The topological polar surface area (TPSA) is 107 Å². The van der Waals surface area contributed by atoms with E-state index in [1.807, 2.05) is 32.0 Å². The van der Waals surface area contributed by atoms with Crippen LogP contribution in [0.1, 0.15) is 19.4 Å². The number of benzene rings is 3. The Balaban J connectivity index is 1.45. The predicted octanol–water partition coefficient (Wildman–Crippen LogP) is 7.06. The molecule has 11 heteroatoms.